The van der Waals surface area contributed by atoms with Crippen molar-refractivity contribution in [2.45, 2.75) is 39.3 Å². The number of rotatable bonds is 5. The summed E-state index contributed by atoms with van der Waals surface area (Å²) in [5.74, 6) is 0.381. The molecule has 2 N–H and O–H groups in total. The molecule has 0 radical (unpaired) electrons. The van der Waals surface area contributed by atoms with E-state index in [-0.39, 0.29) is 30.2 Å². The van der Waals surface area contributed by atoms with Crippen molar-refractivity contribution in [3.63, 3.8) is 0 Å². The molecule has 1 saturated heterocycles. The number of carbonyl (C=O) groups excluding carboxylic acids is 1. The number of aromatic nitrogens is 3. The molecule has 1 aromatic carbocycles. The summed E-state index contributed by atoms with van der Waals surface area (Å²) in [7, 11) is 0. The third-order valence-electron chi connectivity index (χ3n) is 5.49. The Kier molecular flexibility index (Phi) is 5.53. The molecule has 30 heavy (non-hydrogen) atoms. The average Bonchev–Trinajstić information content (AvgIpc) is 3.24. The number of aliphatic hydroxyl groups excluding tert-OH is 1. The molecule has 7 nitrogen and oxygen atoms in total. The van der Waals surface area contributed by atoms with Crippen molar-refractivity contribution < 1.29 is 15.0 Å². The Morgan fingerprint density at radius 1 is 1.17 bits per heavy atom. The number of hydrogen-bond acceptors (Lipinski definition) is 6. The molecule has 4 rings (SSSR count). The van der Waals surface area contributed by atoms with E-state index < -0.39 is 0 Å². The summed E-state index contributed by atoms with van der Waals surface area (Å²) in [5.41, 5.74) is 5.36. The van der Waals surface area contributed by atoms with Crippen LogP contribution in [0.5, 0.6) is 5.75 Å². The highest BCUT2D eigenvalue weighted by molar-refractivity contribution is 8.00. The number of carbonyl (C=O) groups is 1. The smallest absolute Gasteiger partial charge is 0.234 e. The predicted octanol–water partition coefficient (Wildman–Crippen LogP) is 3.16. The number of para-hydroxylation sites is 1. The summed E-state index contributed by atoms with van der Waals surface area (Å²) < 4.78 is 1.90. The Balaban J connectivity index is 1.74. The number of benzene rings is 1. The van der Waals surface area contributed by atoms with E-state index in [9.17, 15) is 15.0 Å². The van der Waals surface area contributed by atoms with Crippen LogP contribution in [0, 0.1) is 20.8 Å². The maximum atomic E-state index is 12.8. The number of aryl methyl sites for hydroxylation is 2. The first-order chi connectivity index (χ1) is 14.4. The predicted molar refractivity (Wildman–Crippen MR) is 115 cm³/mol. The number of thioether (sulfide) groups is 1. The molecule has 1 aliphatic heterocycles. The largest absolute Gasteiger partial charge is 0.506 e. The van der Waals surface area contributed by atoms with Gasteiger partial charge in [0.25, 0.3) is 0 Å². The molecule has 1 unspecified atom stereocenters. The lowest BCUT2D eigenvalue weighted by atomic mass is 10.1. The van der Waals surface area contributed by atoms with Crippen LogP contribution in [0.1, 0.15) is 39.1 Å². The summed E-state index contributed by atoms with van der Waals surface area (Å²) in [5, 5.41) is 24.8. The summed E-state index contributed by atoms with van der Waals surface area (Å²) >= 11 is 1.55. The maximum absolute atomic E-state index is 12.8. The lowest BCUT2D eigenvalue weighted by Gasteiger charge is -2.26. The van der Waals surface area contributed by atoms with Gasteiger partial charge < -0.3 is 15.1 Å². The van der Waals surface area contributed by atoms with Crippen molar-refractivity contribution in [1.29, 1.82) is 0 Å². The lowest BCUT2D eigenvalue weighted by molar-refractivity contribution is -0.128. The molecule has 1 atom stereocenters. The Hall–Kier alpha value is -2.84. The highest BCUT2D eigenvalue weighted by Crippen LogP contribution is 2.43. The number of amides is 1. The molecule has 1 aliphatic rings. The van der Waals surface area contributed by atoms with E-state index in [1.165, 1.54) is 0 Å². The Morgan fingerprint density at radius 2 is 1.90 bits per heavy atom. The number of pyridine rings is 1. The van der Waals surface area contributed by atoms with Crippen LogP contribution in [-0.4, -0.2) is 41.5 Å². The molecule has 156 valence electrons. The zero-order valence-corrected chi connectivity index (χ0v) is 18.0. The van der Waals surface area contributed by atoms with Crippen molar-refractivity contribution in [2.75, 3.05) is 5.75 Å². The molecular weight excluding hydrogens is 400 g/mol. The number of hydrogen-bond donors (Lipinski definition) is 2. The quantitative estimate of drug-likeness (QED) is 0.654. The van der Waals surface area contributed by atoms with Crippen molar-refractivity contribution in [2.24, 2.45) is 0 Å². The SMILES string of the molecule is Cc1ncc(CO)c(CN2C(=O)CSC2c2c(C)nn(-c3ccccc3)c2C)c1O. The first-order valence-electron chi connectivity index (χ1n) is 9.72. The Labute approximate surface area is 179 Å². The molecule has 8 heteroatoms. The first kappa shape index (κ1) is 20.4. The molecule has 3 aromatic rings. The van der Waals surface area contributed by atoms with Crippen LogP contribution in [0.2, 0.25) is 0 Å². The molecule has 0 bridgehead atoms. The van der Waals surface area contributed by atoms with Crippen LogP contribution in [0.3, 0.4) is 0 Å². The van der Waals surface area contributed by atoms with Gasteiger partial charge in [-0.1, -0.05) is 18.2 Å². The molecule has 3 heterocycles. The summed E-state index contributed by atoms with van der Waals surface area (Å²) in [6.07, 6.45) is 1.55. The van der Waals surface area contributed by atoms with E-state index in [2.05, 4.69) is 4.98 Å². The average molecular weight is 425 g/mol. The van der Waals surface area contributed by atoms with Crippen LogP contribution in [0.4, 0.5) is 0 Å². The fourth-order valence-corrected chi connectivity index (χ4v) is 5.21. The standard InChI is InChI=1S/C22H24N4O3S/c1-13-20(15(3)26(24-13)17-7-5-4-6-8-17)22-25(19(28)12-30-22)10-18-16(11-27)9-23-14(2)21(18)29/h4-9,22,27,29H,10-12H2,1-3H3. The summed E-state index contributed by atoms with van der Waals surface area (Å²) in [4.78, 5) is 18.6. The zero-order chi connectivity index (χ0) is 21.4. The highest BCUT2D eigenvalue weighted by Gasteiger charge is 2.37. The minimum absolute atomic E-state index is 0.00554. The van der Waals surface area contributed by atoms with Crippen molar-refractivity contribution >= 4 is 17.7 Å². The van der Waals surface area contributed by atoms with Gasteiger partial charge in [0.05, 0.1) is 36.0 Å². The minimum atomic E-state index is -0.250. The van der Waals surface area contributed by atoms with Crippen LogP contribution >= 0.6 is 11.8 Å². The molecule has 0 spiro atoms. The molecular formula is C22H24N4O3S. The second-order valence-electron chi connectivity index (χ2n) is 7.37. The molecule has 0 aliphatic carbocycles. The topological polar surface area (TPSA) is 91.5 Å². The van der Waals surface area contributed by atoms with Crippen LogP contribution in [-0.2, 0) is 17.9 Å². The molecule has 1 fully saturated rings. The van der Waals surface area contributed by atoms with Gasteiger partial charge in [0.1, 0.15) is 11.1 Å². The van der Waals surface area contributed by atoms with Gasteiger partial charge in [-0.2, -0.15) is 5.10 Å². The second-order valence-corrected chi connectivity index (χ2v) is 8.44. The van der Waals surface area contributed by atoms with Gasteiger partial charge >= 0.3 is 0 Å². The summed E-state index contributed by atoms with van der Waals surface area (Å²) in [6, 6.07) is 9.90. The van der Waals surface area contributed by atoms with Crippen molar-refractivity contribution in [1.82, 2.24) is 19.7 Å². The van der Waals surface area contributed by atoms with Crippen LogP contribution in [0.25, 0.3) is 5.69 Å². The third kappa shape index (κ3) is 3.46. The normalized spacial score (nSPS) is 16.5. The van der Waals surface area contributed by atoms with E-state index in [1.807, 2.05) is 48.9 Å². The number of aliphatic hydroxyl groups is 1. The monoisotopic (exact) mass is 424 g/mol. The van der Waals surface area contributed by atoms with Gasteiger partial charge in [0.15, 0.2) is 0 Å². The number of nitrogens with zero attached hydrogens (tertiary/aromatic N) is 4. The lowest BCUT2D eigenvalue weighted by Crippen LogP contribution is -2.29. The van der Waals surface area contributed by atoms with Gasteiger partial charge in [-0.25, -0.2) is 4.68 Å². The fourth-order valence-electron chi connectivity index (χ4n) is 3.86. The Morgan fingerprint density at radius 3 is 2.60 bits per heavy atom. The fraction of sp³-hybridized carbons (Fsp3) is 0.318. The second kappa shape index (κ2) is 8.12. The number of aromatic hydroxyl groups is 1. The first-order valence-corrected chi connectivity index (χ1v) is 10.8. The van der Waals surface area contributed by atoms with Gasteiger partial charge in [0, 0.05) is 28.6 Å². The van der Waals surface area contributed by atoms with E-state index >= 15 is 0 Å². The van der Waals surface area contributed by atoms with E-state index in [4.69, 9.17) is 5.10 Å². The third-order valence-corrected chi connectivity index (χ3v) is 6.71. The Bertz CT molecular complexity index is 1100. The van der Waals surface area contributed by atoms with Crippen molar-refractivity contribution in [3.8, 4) is 11.4 Å². The van der Waals surface area contributed by atoms with Crippen LogP contribution < -0.4 is 0 Å². The molecule has 2 aromatic heterocycles. The minimum Gasteiger partial charge on any atom is -0.506 e. The molecule has 1 amide bonds. The van der Waals surface area contributed by atoms with Gasteiger partial charge in [-0.05, 0) is 32.9 Å². The highest BCUT2D eigenvalue weighted by atomic mass is 32.2. The van der Waals surface area contributed by atoms with Gasteiger partial charge in [-0.15, -0.1) is 11.8 Å². The van der Waals surface area contributed by atoms with Crippen molar-refractivity contribution in [3.05, 3.63) is 70.3 Å². The van der Waals surface area contributed by atoms with E-state index in [1.54, 1.807) is 29.8 Å². The van der Waals surface area contributed by atoms with E-state index in [0.29, 0.717) is 22.6 Å². The van der Waals surface area contributed by atoms with E-state index in [0.717, 1.165) is 22.6 Å². The molecule has 0 saturated carbocycles. The maximum Gasteiger partial charge on any atom is 0.234 e. The summed E-state index contributed by atoms with van der Waals surface area (Å²) in [6.45, 7) is 5.63. The van der Waals surface area contributed by atoms with Gasteiger partial charge in [-0.3, -0.25) is 9.78 Å². The van der Waals surface area contributed by atoms with Crippen LogP contribution in [0.15, 0.2) is 36.5 Å². The zero-order valence-electron chi connectivity index (χ0n) is 17.2. The van der Waals surface area contributed by atoms with Gasteiger partial charge in [0.2, 0.25) is 5.91 Å².